The molecule has 2 bridgehead atoms. The van der Waals surface area contributed by atoms with E-state index in [0.29, 0.717) is 16.9 Å². The van der Waals surface area contributed by atoms with Crippen molar-refractivity contribution in [2.24, 2.45) is 16.2 Å². The molecule has 0 unspecified atom stereocenters. The summed E-state index contributed by atoms with van der Waals surface area (Å²) in [6, 6.07) is 0.569. The molecule has 5 heteroatoms. The van der Waals surface area contributed by atoms with Gasteiger partial charge < -0.3 is 14.8 Å². The summed E-state index contributed by atoms with van der Waals surface area (Å²) in [7, 11) is 0. The molecule has 2 amide bonds. The van der Waals surface area contributed by atoms with Gasteiger partial charge in [-0.15, -0.1) is 0 Å². The first kappa shape index (κ1) is 16.9. The Balaban J connectivity index is 1.36. The zero-order chi connectivity index (χ0) is 17.9. The number of rotatable bonds is 4. The molecule has 0 radical (unpaired) electrons. The molecule has 2 saturated carbocycles. The molecule has 2 heterocycles. The Kier molecular flexibility index (Phi) is 3.71. The van der Waals surface area contributed by atoms with Crippen molar-refractivity contribution in [3.05, 3.63) is 18.2 Å². The third-order valence-electron chi connectivity index (χ3n) is 6.68. The Morgan fingerprint density at radius 3 is 2.72 bits per heavy atom. The predicted octanol–water partition coefficient (Wildman–Crippen LogP) is 3.58. The zero-order valence-electron chi connectivity index (χ0n) is 16.1. The van der Waals surface area contributed by atoms with Gasteiger partial charge in [-0.05, 0) is 49.9 Å². The molecule has 2 atom stereocenters. The fourth-order valence-electron chi connectivity index (χ4n) is 5.56. The van der Waals surface area contributed by atoms with Gasteiger partial charge in [0.1, 0.15) is 5.82 Å². The van der Waals surface area contributed by atoms with Gasteiger partial charge >= 0.3 is 6.03 Å². The van der Waals surface area contributed by atoms with E-state index in [2.05, 4.69) is 40.5 Å². The maximum absolute atomic E-state index is 12.9. The minimum absolute atomic E-state index is 0.153. The molecule has 3 fully saturated rings. The average molecular weight is 345 g/mol. The van der Waals surface area contributed by atoms with E-state index in [-0.39, 0.29) is 11.4 Å². The third-order valence-corrected chi connectivity index (χ3v) is 6.68. The SMILES string of the molecule is Cc1nccn1CC1(CNC(=O)N2C[C@]3(C)C[C@H]2CC(C)(C)C3)CC1. The maximum atomic E-state index is 12.9. The minimum Gasteiger partial charge on any atom is -0.337 e. The first-order valence-electron chi connectivity index (χ1n) is 9.72. The number of carbonyl (C=O) groups excluding carboxylic acids is 1. The molecular formula is C20H32N4O. The number of likely N-dealkylation sites (tertiary alicyclic amines) is 1. The molecule has 4 rings (SSSR count). The Bertz CT molecular complexity index is 675. The lowest BCUT2D eigenvalue weighted by Gasteiger charge is -2.39. The first-order valence-corrected chi connectivity index (χ1v) is 9.72. The molecule has 1 aromatic rings. The molecule has 3 aliphatic rings. The zero-order valence-corrected chi connectivity index (χ0v) is 16.1. The minimum atomic E-state index is 0.153. The Labute approximate surface area is 151 Å². The van der Waals surface area contributed by atoms with E-state index in [1.54, 1.807) is 0 Å². The van der Waals surface area contributed by atoms with E-state index in [1.165, 1.54) is 25.7 Å². The number of nitrogens with zero attached hydrogens (tertiary/aromatic N) is 3. The van der Waals surface area contributed by atoms with Gasteiger partial charge in [0, 0.05) is 43.5 Å². The van der Waals surface area contributed by atoms with Gasteiger partial charge in [0.05, 0.1) is 0 Å². The third kappa shape index (κ3) is 3.30. The molecule has 138 valence electrons. The topological polar surface area (TPSA) is 50.2 Å². The number of carbonyl (C=O) groups is 1. The van der Waals surface area contributed by atoms with E-state index in [0.717, 1.165) is 31.9 Å². The summed E-state index contributed by atoms with van der Waals surface area (Å²) in [4.78, 5) is 19.3. The quantitative estimate of drug-likeness (QED) is 0.907. The highest BCUT2D eigenvalue weighted by molar-refractivity contribution is 5.75. The number of amides is 2. The number of urea groups is 1. The lowest BCUT2D eigenvalue weighted by atomic mass is 9.65. The normalized spacial score (nSPS) is 31.8. The van der Waals surface area contributed by atoms with Gasteiger partial charge in [-0.25, -0.2) is 9.78 Å². The van der Waals surface area contributed by atoms with Crippen LogP contribution in [0.4, 0.5) is 4.79 Å². The molecule has 0 aromatic carbocycles. The summed E-state index contributed by atoms with van der Waals surface area (Å²) in [5.74, 6) is 1.06. The van der Waals surface area contributed by atoms with Gasteiger partial charge in [-0.3, -0.25) is 0 Å². The highest BCUT2D eigenvalue weighted by Gasteiger charge is 2.51. The van der Waals surface area contributed by atoms with Gasteiger partial charge in [0.2, 0.25) is 0 Å². The monoisotopic (exact) mass is 344 g/mol. The number of hydrogen-bond acceptors (Lipinski definition) is 2. The number of imidazole rings is 1. The first-order chi connectivity index (χ1) is 11.7. The summed E-state index contributed by atoms with van der Waals surface area (Å²) in [6.07, 6.45) is 9.82. The van der Waals surface area contributed by atoms with Crippen molar-refractivity contribution >= 4 is 6.03 Å². The van der Waals surface area contributed by atoms with Crippen LogP contribution in [-0.4, -0.2) is 39.6 Å². The Hall–Kier alpha value is -1.52. The molecule has 1 aliphatic heterocycles. The molecule has 25 heavy (non-hydrogen) atoms. The number of fused-ring (bicyclic) bond motifs is 2. The summed E-state index contributed by atoms with van der Waals surface area (Å²) in [5.41, 5.74) is 0.886. The van der Waals surface area contributed by atoms with Crippen LogP contribution in [0.2, 0.25) is 0 Å². The fraction of sp³-hybridized carbons (Fsp3) is 0.800. The van der Waals surface area contributed by atoms with Crippen molar-refractivity contribution in [2.75, 3.05) is 13.1 Å². The summed E-state index contributed by atoms with van der Waals surface area (Å²) < 4.78 is 2.21. The maximum Gasteiger partial charge on any atom is 0.317 e. The molecule has 0 spiro atoms. The van der Waals surface area contributed by atoms with Crippen molar-refractivity contribution in [1.82, 2.24) is 19.8 Å². The summed E-state index contributed by atoms with van der Waals surface area (Å²) in [6.45, 7) is 11.8. The van der Waals surface area contributed by atoms with Crippen molar-refractivity contribution in [1.29, 1.82) is 0 Å². The second kappa shape index (κ2) is 5.49. The molecule has 1 aromatic heterocycles. The largest absolute Gasteiger partial charge is 0.337 e. The lowest BCUT2D eigenvalue weighted by Crippen LogP contribution is -2.45. The Morgan fingerprint density at radius 2 is 2.08 bits per heavy atom. The van der Waals surface area contributed by atoms with Crippen molar-refractivity contribution in [3.8, 4) is 0 Å². The van der Waals surface area contributed by atoms with Gasteiger partial charge in [0.15, 0.2) is 0 Å². The molecule has 1 N–H and O–H groups in total. The van der Waals surface area contributed by atoms with Gasteiger partial charge in [-0.2, -0.15) is 0 Å². The second-order valence-corrected chi connectivity index (χ2v) is 10.1. The van der Waals surface area contributed by atoms with Crippen LogP contribution in [0.5, 0.6) is 0 Å². The van der Waals surface area contributed by atoms with Crippen LogP contribution >= 0.6 is 0 Å². The number of aryl methyl sites for hydroxylation is 1. The second-order valence-electron chi connectivity index (χ2n) is 10.1. The van der Waals surface area contributed by atoms with Crippen LogP contribution in [0.15, 0.2) is 12.4 Å². The summed E-state index contributed by atoms with van der Waals surface area (Å²) in [5, 5.41) is 3.27. The van der Waals surface area contributed by atoms with Crippen LogP contribution in [0.3, 0.4) is 0 Å². The molecule has 2 aliphatic carbocycles. The van der Waals surface area contributed by atoms with E-state index in [1.807, 2.05) is 19.3 Å². The van der Waals surface area contributed by atoms with Crippen molar-refractivity contribution in [3.63, 3.8) is 0 Å². The molecule has 1 saturated heterocycles. The van der Waals surface area contributed by atoms with E-state index >= 15 is 0 Å². The van der Waals surface area contributed by atoms with Crippen LogP contribution < -0.4 is 5.32 Å². The van der Waals surface area contributed by atoms with Crippen LogP contribution in [0, 0.1) is 23.2 Å². The highest BCUT2D eigenvalue weighted by Crippen LogP contribution is 2.52. The molecule has 5 nitrogen and oxygen atoms in total. The fourth-order valence-corrected chi connectivity index (χ4v) is 5.56. The van der Waals surface area contributed by atoms with Crippen molar-refractivity contribution < 1.29 is 4.79 Å². The van der Waals surface area contributed by atoms with Crippen molar-refractivity contribution in [2.45, 2.75) is 72.4 Å². The summed E-state index contributed by atoms with van der Waals surface area (Å²) >= 11 is 0. The number of nitrogens with one attached hydrogen (secondary N) is 1. The molecular weight excluding hydrogens is 312 g/mol. The lowest BCUT2D eigenvalue weighted by molar-refractivity contribution is 0.129. The van der Waals surface area contributed by atoms with Gasteiger partial charge in [0.25, 0.3) is 0 Å². The van der Waals surface area contributed by atoms with Crippen LogP contribution in [-0.2, 0) is 6.54 Å². The average Bonchev–Trinajstić information content (AvgIpc) is 3.07. The number of hydrogen-bond donors (Lipinski definition) is 1. The van der Waals surface area contributed by atoms with E-state index in [9.17, 15) is 4.79 Å². The highest BCUT2D eigenvalue weighted by atomic mass is 16.2. The Morgan fingerprint density at radius 1 is 1.32 bits per heavy atom. The predicted molar refractivity (Wildman–Crippen MR) is 98.3 cm³/mol. The van der Waals surface area contributed by atoms with Crippen LogP contribution in [0.1, 0.15) is 58.7 Å². The van der Waals surface area contributed by atoms with E-state index < -0.39 is 0 Å². The van der Waals surface area contributed by atoms with E-state index in [4.69, 9.17) is 0 Å². The standard InChI is InChI=1S/C20H32N4O/c1-15-21-7-8-23(15)14-20(5-6-20)12-22-17(25)24-13-19(4)10-16(24)9-18(2,3)11-19/h7-8,16H,5-6,9-14H2,1-4H3,(H,22,25)/t16-,19-/m1/s1. The van der Waals surface area contributed by atoms with Gasteiger partial charge in [-0.1, -0.05) is 20.8 Å². The number of aromatic nitrogens is 2. The van der Waals surface area contributed by atoms with Crippen LogP contribution in [0.25, 0.3) is 0 Å². The smallest absolute Gasteiger partial charge is 0.317 e.